The normalized spacial score (nSPS) is 15.6. The number of carbonyl (C=O) groups excluding carboxylic acids is 1. The minimum atomic E-state index is -0.528. The number of hydrogen-bond acceptors (Lipinski definition) is 5. The van der Waals surface area contributed by atoms with Crippen LogP contribution in [-0.4, -0.2) is 28.0 Å². The number of benzene rings is 1. The first-order chi connectivity index (χ1) is 12.6. The molecule has 0 spiro atoms. The number of nitro benzene ring substituents is 1. The summed E-state index contributed by atoms with van der Waals surface area (Å²) in [6, 6.07) is 11.6. The van der Waals surface area contributed by atoms with Gasteiger partial charge in [0.05, 0.1) is 11.0 Å². The molecule has 0 atom stereocenters. The van der Waals surface area contributed by atoms with Crippen molar-refractivity contribution >= 4 is 11.6 Å². The van der Waals surface area contributed by atoms with Gasteiger partial charge in [0.25, 0.3) is 5.91 Å². The van der Waals surface area contributed by atoms with E-state index >= 15 is 0 Å². The fraction of sp³-hybridized carbons (Fsp3) is 0.368. The summed E-state index contributed by atoms with van der Waals surface area (Å²) >= 11 is 0. The van der Waals surface area contributed by atoms with Crippen LogP contribution in [-0.2, 0) is 0 Å². The predicted molar refractivity (Wildman–Crippen MR) is 96.1 cm³/mol. The average molecular weight is 355 g/mol. The van der Waals surface area contributed by atoms with Crippen LogP contribution in [0.1, 0.15) is 36.9 Å². The topological polar surface area (TPSA) is 86.7 Å². The monoisotopic (exact) mass is 355 g/mol. The second-order valence-electron chi connectivity index (χ2n) is 6.26. The molecule has 7 heteroatoms. The van der Waals surface area contributed by atoms with Gasteiger partial charge < -0.3 is 4.74 Å². The van der Waals surface area contributed by atoms with Crippen molar-refractivity contribution in [2.75, 3.05) is 6.61 Å². The summed E-state index contributed by atoms with van der Waals surface area (Å²) < 4.78 is 6.85. The highest BCUT2D eigenvalue weighted by molar-refractivity contribution is 5.80. The van der Waals surface area contributed by atoms with Crippen molar-refractivity contribution in [2.45, 2.75) is 38.1 Å². The fourth-order valence-corrected chi connectivity index (χ4v) is 3.09. The second-order valence-corrected chi connectivity index (χ2v) is 6.26. The van der Waals surface area contributed by atoms with Gasteiger partial charge in [-0.2, -0.15) is 0 Å². The smallest absolute Gasteiger partial charge is 0.310 e. The molecule has 0 unspecified atom stereocenters. The largest absolute Gasteiger partial charge is 0.477 e. The van der Waals surface area contributed by atoms with Gasteiger partial charge in [0.15, 0.2) is 12.4 Å². The summed E-state index contributed by atoms with van der Waals surface area (Å²) in [5.74, 6) is -0.244. The van der Waals surface area contributed by atoms with E-state index in [4.69, 9.17) is 9.73 Å². The third-order valence-electron chi connectivity index (χ3n) is 4.41. The number of hydrogen-bond donors (Lipinski definition) is 0. The van der Waals surface area contributed by atoms with Crippen LogP contribution in [0.5, 0.6) is 5.75 Å². The van der Waals surface area contributed by atoms with E-state index < -0.39 is 4.92 Å². The highest BCUT2D eigenvalue weighted by Crippen LogP contribution is 2.25. The van der Waals surface area contributed by atoms with Crippen LogP contribution in [0.2, 0.25) is 0 Å². The van der Waals surface area contributed by atoms with Crippen LogP contribution < -0.4 is 10.2 Å². The molecule has 1 aliphatic rings. The molecule has 0 amide bonds. The van der Waals surface area contributed by atoms with Gasteiger partial charge in [-0.15, -0.1) is 0 Å². The number of nitrogens with zero attached hydrogens (tertiary/aromatic N) is 3. The maximum Gasteiger partial charge on any atom is 0.310 e. The molecule has 1 fully saturated rings. The SMILES string of the molecule is O=C(COc1ccccc1[N+](=O)[O-])n1ccccc1=NC1CCCCC1. The lowest BCUT2D eigenvalue weighted by molar-refractivity contribution is -0.385. The highest BCUT2D eigenvalue weighted by atomic mass is 16.6. The minimum Gasteiger partial charge on any atom is -0.477 e. The predicted octanol–water partition coefficient (Wildman–Crippen LogP) is 3.35. The quantitative estimate of drug-likeness (QED) is 0.608. The number of para-hydroxylation sites is 2. The highest BCUT2D eigenvalue weighted by Gasteiger charge is 2.16. The van der Waals surface area contributed by atoms with E-state index in [0.29, 0.717) is 5.49 Å². The van der Waals surface area contributed by atoms with Crippen molar-refractivity contribution in [3.63, 3.8) is 0 Å². The van der Waals surface area contributed by atoms with Crippen LogP contribution in [0.15, 0.2) is 53.7 Å². The average Bonchev–Trinajstić information content (AvgIpc) is 2.67. The molecule has 0 aliphatic heterocycles. The van der Waals surface area contributed by atoms with Gasteiger partial charge in [-0.05, 0) is 31.0 Å². The lowest BCUT2D eigenvalue weighted by Crippen LogP contribution is -2.32. The fourth-order valence-electron chi connectivity index (χ4n) is 3.09. The molecule has 136 valence electrons. The Bertz CT molecular complexity index is 854. The van der Waals surface area contributed by atoms with Gasteiger partial charge in [0, 0.05) is 12.3 Å². The molecule has 1 heterocycles. The standard InChI is InChI=1S/C19H21N3O4/c23-19(14-26-17-11-5-4-10-16(17)22(24)25)21-13-7-6-12-18(21)20-15-8-2-1-3-9-15/h4-7,10-13,15H,1-3,8-9,14H2. The van der Waals surface area contributed by atoms with Crippen molar-refractivity contribution in [2.24, 2.45) is 4.99 Å². The van der Waals surface area contributed by atoms with E-state index in [1.165, 1.54) is 23.1 Å². The van der Waals surface area contributed by atoms with E-state index in [1.54, 1.807) is 30.5 Å². The van der Waals surface area contributed by atoms with E-state index in [0.717, 1.165) is 25.7 Å². The summed E-state index contributed by atoms with van der Waals surface area (Å²) in [6.07, 6.45) is 7.28. The van der Waals surface area contributed by atoms with Crippen molar-refractivity contribution in [3.05, 3.63) is 64.3 Å². The third kappa shape index (κ3) is 4.36. The molecule has 3 rings (SSSR count). The van der Waals surface area contributed by atoms with E-state index in [2.05, 4.69) is 0 Å². The maximum absolute atomic E-state index is 12.6. The molecule has 1 aromatic heterocycles. The molecule has 0 N–H and O–H groups in total. The Morgan fingerprint density at radius 2 is 1.88 bits per heavy atom. The van der Waals surface area contributed by atoms with Gasteiger partial charge in [-0.25, -0.2) is 0 Å². The van der Waals surface area contributed by atoms with E-state index in [1.807, 2.05) is 6.07 Å². The molecule has 1 saturated carbocycles. The zero-order chi connectivity index (χ0) is 18.4. The summed E-state index contributed by atoms with van der Waals surface area (Å²) in [5, 5.41) is 11.0. The van der Waals surface area contributed by atoms with E-state index in [-0.39, 0.29) is 30.0 Å². The van der Waals surface area contributed by atoms with E-state index in [9.17, 15) is 14.9 Å². The number of pyridine rings is 1. The van der Waals surface area contributed by atoms with Crippen LogP contribution in [0, 0.1) is 10.1 Å². The van der Waals surface area contributed by atoms with Gasteiger partial charge in [-0.1, -0.05) is 37.5 Å². The lowest BCUT2D eigenvalue weighted by atomic mass is 9.96. The molecule has 7 nitrogen and oxygen atoms in total. The van der Waals surface area contributed by atoms with Crippen molar-refractivity contribution in [1.29, 1.82) is 0 Å². The molecular formula is C19H21N3O4. The Kier molecular flexibility index (Phi) is 5.78. The zero-order valence-corrected chi connectivity index (χ0v) is 14.4. The van der Waals surface area contributed by atoms with Crippen molar-refractivity contribution in [1.82, 2.24) is 4.57 Å². The van der Waals surface area contributed by atoms with Crippen LogP contribution in [0.3, 0.4) is 0 Å². The van der Waals surface area contributed by atoms with Gasteiger partial charge in [-0.3, -0.25) is 24.5 Å². The Morgan fingerprint density at radius 1 is 1.15 bits per heavy atom. The summed E-state index contributed by atoms with van der Waals surface area (Å²) in [7, 11) is 0. The van der Waals surface area contributed by atoms with Crippen LogP contribution in [0.4, 0.5) is 5.69 Å². The first-order valence-corrected chi connectivity index (χ1v) is 8.76. The number of rotatable bonds is 5. The van der Waals surface area contributed by atoms with Crippen molar-refractivity contribution < 1.29 is 14.5 Å². The molecular weight excluding hydrogens is 334 g/mol. The zero-order valence-electron chi connectivity index (χ0n) is 14.4. The summed E-state index contributed by atoms with van der Waals surface area (Å²) in [4.78, 5) is 27.8. The number of carbonyl (C=O) groups is 1. The third-order valence-corrected chi connectivity index (χ3v) is 4.41. The van der Waals surface area contributed by atoms with Gasteiger partial charge in [0.2, 0.25) is 0 Å². The molecule has 1 aromatic carbocycles. The summed E-state index contributed by atoms with van der Waals surface area (Å²) in [5.41, 5.74) is 0.432. The van der Waals surface area contributed by atoms with Crippen molar-refractivity contribution in [3.8, 4) is 5.75 Å². The molecule has 0 radical (unpaired) electrons. The molecule has 0 bridgehead atoms. The van der Waals surface area contributed by atoms with Crippen LogP contribution >= 0.6 is 0 Å². The minimum absolute atomic E-state index is 0.0770. The Morgan fingerprint density at radius 3 is 2.65 bits per heavy atom. The van der Waals surface area contributed by atoms with Gasteiger partial charge in [0.1, 0.15) is 5.49 Å². The molecule has 1 aliphatic carbocycles. The number of nitro groups is 1. The second kappa shape index (κ2) is 8.42. The first-order valence-electron chi connectivity index (χ1n) is 8.76. The number of ether oxygens (including phenoxy) is 1. The summed E-state index contributed by atoms with van der Waals surface area (Å²) in [6.45, 7) is -0.299. The van der Waals surface area contributed by atoms with Gasteiger partial charge >= 0.3 is 5.69 Å². The molecule has 0 saturated heterocycles. The Balaban J connectivity index is 1.77. The van der Waals surface area contributed by atoms with Crippen LogP contribution in [0.25, 0.3) is 0 Å². The maximum atomic E-state index is 12.6. The Hall–Kier alpha value is -2.96. The molecule has 2 aromatic rings. The first kappa shape index (κ1) is 17.8. The molecule has 26 heavy (non-hydrogen) atoms. The lowest BCUT2D eigenvalue weighted by Gasteiger charge is -2.17. The Labute approximate surface area is 151 Å². The number of aromatic nitrogens is 1.